The van der Waals surface area contributed by atoms with Gasteiger partial charge in [0.1, 0.15) is 17.7 Å². The number of halogens is 2. The van der Waals surface area contributed by atoms with Gasteiger partial charge in [-0.25, -0.2) is 8.78 Å². The number of hydrogen-bond donors (Lipinski definition) is 0. The third-order valence-electron chi connectivity index (χ3n) is 19.8. The van der Waals surface area contributed by atoms with E-state index in [2.05, 4.69) is 300 Å². The molecule has 0 aliphatic carbocycles. The van der Waals surface area contributed by atoms with Crippen molar-refractivity contribution >= 4 is 131 Å². The van der Waals surface area contributed by atoms with Gasteiger partial charge in [-0.2, -0.15) is 5.26 Å². The summed E-state index contributed by atoms with van der Waals surface area (Å²) in [7, 11) is 0. The van der Waals surface area contributed by atoms with Crippen LogP contribution in [0.3, 0.4) is 0 Å². The average molecular weight is 1210 g/mol. The van der Waals surface area contributed by atoms with Crippen molar-refractivity contribution in [3.63, 3.8) is 0 Å². The molecule has 6 aromatic heterocycles. The summed E-state index contributed by atoms with van der Waals surface area (Å²) in [5, 5.41) is 24.9. The van der Waals surface area contributed by atoms with Gasteiger partial charge in [-0.3, -0.25) is 0 Å². The lowest BCUT2D eigenvalue weighted by atomic mass is 9.98. The van der Waals surface area contributed by atoms with Crippen LogP contribution < -0.4 is 0 Å². The van der Waals surface area contributed by atoms with E-state index >= 15 is 8.78 Å². The first-order valence-corrected chi connectivity index (χ1v) is 31.6. The fraction of sp³-hybridized carbons (Fsp3) is 0. The minimum absolute atomic E-state index is 0.215. The highest BCUT2D eigenvalue weighted by atomic mass is 19.1. The SMILES string of the molecule is N#Cc1cc(-n2c3cc(-n4c5ccccc5c5ccccc54)ccc3c3ccc(-n4c5ccccc5c5ccccc54)cc32)c(-c2c(F)cccc2F)cc1-n1c2cc(-n3c4ccccc4c4ccccc43)ccc2c2ccc(-n3c4ccccc4c4ccccc43)cc21. The first-order valence-electron chi connectivity index (χ1n) is 31.6. The maximum Gasteiger partial charge on any atom is 0.134 e. The molecule has 20 rings (SSSR count). The number of para-hydroxylation sites is 8. The third-order valence-corrected chi connectivity index (χ3v) is 19.8. The van der Waals surface area contributed by atoms with Gasteiger partial charge in [-0.05, 0) is 121 Å². The topological polar surface area (TPSA) is 53.4 Å². The van der Waals surface area contributed by atoms with Crippen molar-refractivity contribution in [2.45, 2.75) is 0 Å². The number of benzene rings is 14. The summed E-state index contributed by atoms with van der Waals surface area (Å²) in [6.45, 7) is 0. The predicted octanol–water partition coefficient (Wildman–Crippen LogP) is 22.1. The van der Waals surface area contributed by atoms with E-state index in [-0.39, 0.29) is 11.1 Å². The molecule has 0 atom stereocenters. The zero-order valence-electron chi connectivity index (χ0n) is 50.2. The van der Waals surface area contributed by atoms with Gasteiger partial charge >= 0.3 is 0 Å². The van der Waals surface area contributed by atoms with Crippen LogP contribution in [0.1, 0.15) is 5.56 Å². The van der Waals surface area contributed by atoms with Gasteiger partial charge in [0.2, 0.25) is 0 Å². The molecule has 0 saturated heterocycles. The van der Waals surface area contributed by atoms with E-state index in [1.807, 2.05) is 12.1 Å². The lowest BCUT2D eigenvalue weighted by Gasteiger charge is -2.20. The lowest BCUT2D eigenvalue weighted by Crippen LogP contribution is -2.06. The van der Waals surface area contributed by atoms with E-state index in [1.165, 1.54) is 18.2 Å². The smallest absolute Gasteiger partial charge is 0.134 e. The molecule has 0 aliphatic rings. The number of nitriles is 1. The summed E-state index contributed by atoms with van der Waals surface area (Å²) in [5.74, 6) is -1.47. The van der Waals surface area contributed by atoms with Crippen LogP contribution in [0.15, 0.2) is 297 Å². The number of rotatable bonds is 7. The highest BCUT2D eigenvalue weighted by Gasteiger charge is 2.28. The van der Waals surface area contributed by atoms with Gasteiger partial charge in [0.25, 0.3) is 0 Å². The number of fused-ring (bicyclic) bond motifs is 18. The predicted molar refractivity (Wildman–Crippen MR) is 383 cm³/mol. The number of hydrogen-bond acceptors (Lipinski definition) is 1. The van der Waals surface area contributed by atoms with Crippen LogP contribution in [0.2, 0.25) is 0 Å². The summed E-state index contributed by atoms with van der Waals surface area (Å²) in [4.78, 5) is 0. The van der Waals surface area contributed by atoms with Crippen molar-refractivity contribution in [2.24, 2.45) is 0 Å². The van der Waals surface area contributed by atoms with Crippen molar-refractivity contribution in [1.82, 2.24) is 27.4 Å². The van der Waals surface area contributed by atoms with Gasteiger partial charge in [0, 0.05) is 92.9 Å². The molecule has 0 radical (unpaired) electrons. The first kappa shape index (κ1) is 52.0. The molecule has 6 heterocycles. The molecule has 0 spiro atoms. The third kappa shape index (κ3) is 7.22. The Labute approximate surface area is 535 Å². The second-order valence-corrected chi connectivity index (χ2v) is 24.6. The Bertz CT molecular complexity index is 6160. The van der Waals surface area contributed by atoms with E-state index in [9.17, 15) is 5.26 Å². The summed E-state index contributed by atoms with van der Waals surface area (Å²) in [6.07, 6.45) is 0. The summed E-state index contributed by atoms with van der Waals surface area (Å²) < 4.78 is 48.7. The second kappa shape index (κ2) is 19.6. The Morgan fingerprint density at radius 3 is 0.734 bits per heavy atom. The quantitative estimate of drug-likeness (QED) is 0.157. The maximum atomic E-state index is 17.6. The van der Waals surface area contributed by atoms with Crippen LogP contribution in [0.25, 0.3) is 176 Å². The number of nitrogens with zero attached hydrogens (tertiary/aromatic N) is 7. The molecule has 0 fully saturated rings. The highest BCUT2D eigenvalue weighted by Crippen LogP contribution is 2.46. The van der Waals surface area contributed by atoms with Gasteiger partial charge in [0.15, 0.2) is 0 Å². The van der Waals surface area contributed by atoms with E-state index in [0.29, 0.717) is 16.9 Å². The molecule has 20 aromatic rings. The van der Waals surface area contributed by atoms with E-state index in [4.69, 9.17) is 0 Å². The normalized spacial score (nSPS) is 12.1. The monoisotopic (exact) mass is 1210 g/mol. The van der Waals surface area contributed by atoms with Crippen molar-refractivity contribution < 1.29 is 8.78 Å². The Morgan fingerprint density at radius 2 is 0.468 bits per heavy atom. The zero-order valence-corrected chi connectivity index (χ0v) is 50.2. The van der Waals surface area contributed by atoms with Gasteiger partial charge in [-0.1, -0.05) is 176 Å². The van der Waals surface area contributed by atoms with Crippen molar-refractivity contribution in [3.05, 3.63) is 314 Å². The Morgan fingerprint density at radius 1 is 0.223 bits per heavy atom. The molecule has 438 valence electrons. The molecule has 9 heteroatoms. The van der Waals surface area contributed by atoms with E-state index in [0.717, 1.165) is 154 Å². The standard InChI is InChI=1S/C85H49F2N7/c86-69-26-17-27-70(87)85(69)68-49-79(93-81-45-52(89-71-28-9-1-18-56(71)57-19-2-10-29-72(57)89)36-40-64(81)65-41-37-53(46-82(65)93)90-73-30-11-3-20-58(73)59-21-4-12-31-74(59)90)51(50-88)44-80(68)94-83-47-54(91-75-32-13-5-22-60(75)61-23-6-14-33-76(61)91)38-42-66(83)67-43-39-55(48-84(67)94)92-77-34-15-7-24-62(77)63-25-8-16-35-78(63)92/h1-49H. The summed E-state index contributed by atoms with van der Waals surface area (Å²) in [5.41, 5.74) is 16.4. The fourth-order valence-corrected chi connectivity index (χ4v) is 15.9. The molecular formula is C85H49F2N7. The summed E-state index contributed by atoms with van der Waals surface area (Å²) >= 11 is 0. The van der Waals surface area contributed by atoms with E-state index < -0.39 is 11.6 Å². The van der Waals surface area contributed by atoms with Crippen molar-refractivity contribution in [3.8, 4) is 51.3 Å². The molecule has 0 unspecified atom stereocenters. The fourth-order valence-electron chi connectivity index (χ4n) is 15.9. The lowest BCUT2D eigenvalue weighted by molar-refractivity contribution is 0.589. The van der Waals surface area contributed by atoms with E-state index in [1.54, 1.807) is 0 Å². The molecule has 0 N–H and O–H groups in total. The average Bonchev–Trinajstić information content (AvgIpc) is 1.54. The molecule has 0 bridgehead atoms. The van der Waals surface area contributed by atoms with Gasteiger partial charge in [0.05, 0.1) is 88.7 Å². The van der Waals surface area contributed by atoms with Gasteiger partial charge < -0.3 is 27.4 Å². The Kier molecular flexibility index (Phi) is 10.9. The molecule has 0 amide bonds. The molecule has 7 nitrogen and oxygen atoms in total. The van der Waals surface area contributed by atoms with Crippen LogP contribution >= 0.6 is 0 Å². The van der Waals surface area contributed by atoms with Gasteiger partial charge in [-0.15, -0.1) is 0 Å². The molecule has 0 aliphatic heterocycles. The molecular weight excluding hydrogens is 1160 g/mol. The summed E-state index contributed by atoms with van der Waals surface area (Å²) in [6, 6.07) is 104. The first-order chi connectivity index (χ1) is 46.5. The highest BCUT2D eigenvalue weighted by molar-refractivity contribution is 6.17. The molecule has 94 heavy (non-hydrogen) atoms. The van der Waals surface area contributed by atoms with Crippen LogP contribution in [-0.2, 0) is 0 Å². The van der Waals surface area contributed by atoms with Crippen LogP contribution in [0.5, 0.6) is 0 Å². The largest absolute Gasteiger partial charge is 0.309 e. The number of aromatic nitrogens is 6. The van der Waals surface area contributed by atoms with Crippen LogP contribution in [0, 0.1) is 23.0 Å². The minimum Gasteiger partial charge on any atom is -0.309 e. The second-order valence-electron chi connectivity index (χ2n) is 24.6. The van der Waals surface area contributed by atoms with Crippen LogP contribution in [0.4, 0.5) is 8.78 Å². The van der Waals surface area contributed by atoms with Crippen molar-refractivity contribution in [1.29, 1.82) is 5.26 Å². The Balaban J connectivity index is 0.920. The molecule has 0 saturated carbocycles. The Hall–Kier alpha value is -12.8. The zero-order chi connectivity index (χ0) is 62.0. The maximum absolute atomic E-state index is 17.6. The van der Waals surface area contributed by atoms with Crippen LogP contribution in [-0.4, -0.2) is 27.4 Å². The minimum atomic E-state index is -0.737. The molecule has 14 aromatic carbocycles. The van der Waals surface area contributed by atoms with Crippen molar-refractivity contribution in [2.75, 3.05) is 0 Å².